The maximum absolute atomic E-state index is 12.6. The minimum absolute atomic E-state index is 0.0621. The number of ether oxygens (including phenoxy) is 1. The number of methoxy groups -OCH3 is 1. The van der Waals surface area contributed by atoms with Crippen molar-refractivity contribution in [2.24, 2.45) is 0 Å². The average molecular weight is 268 g/mol. The van der Waals surface area contributed by atoms with Crippen molar-refractivity contribution in [3.63, 3.8) is 0 Å². The fourth-order valence-electron chi connectivity index (χ4n) is 1.26. The molecule has 0 unspecified atom stereocenters. The quantitative estimate of drug-likeness (QED) is 0.855. The minimum Gasteiger partial charge on any atom is -0.494 e. The Morgan fingerprint density at radius 1 is 1.47 bits per heavy atom. The number of benzene rings is 1. The number of halogens is 4. The van der Waals surface area contributed by atoms with Crippen LogP contribution in [-0.2, 0) is 11.0 Å². The zero-order valence-electron chi connectivity index (χ0n) is 8.77. The maximum Gasteiger partial charge on any atom is 0.420 e. The van der Waals surface area contributed by atoms with Gasteiger partial charge >= 0.3 is 6.18 Å². The molecule has 7 heteroatoms. The molecule has 3 nitrogen and oxygen atoms in total. The zero-order valence-corrected chi connectivity index (χ0v) is 9.52. The third-order valence-corrected chi connectivity index (χ3v) is 2.16. The van der Waals surface area contributed by atoms with E-state index in [4.69, 9.17) is 11.6 Å². The van der Waals surface area contributed by atoms with Crippen LogP contribution in [-0.4, -0.2) is 18.9 Å². The Bertz CT molecular complexity index is 421. The molecule has 0 aliphatic carbocycles. The molecule has 17 heavy (non-hydrogen) atoms. The average Bonchev–Trinajstić information content (AvgIpc) is 2.27. The molecule has 1 rings (SSSR count). The zero-order chi connectivity index (χ0) is 13.1. The smallest absolute Gasteiger partial charge is 0.420 e. The topological polar surface area (TPSA) is 38.3 Å². The monoisotopic (exact) mass is 267 g/mol. The second-order valence-electron chi connectivity index (χ2n) is 3.07. The van der Waals surface area contributed by atoms with Crippen LogP contribution < -0.4 is 10.1 Å². The Hall–Kier alpha value is -1.43. The molecule has 0 aromatic heterocycles. The van der Waals surface area contributed by atoms with E-state index in [1.165, 1.54) is 12.1 Å². The Morgan fingerprint density at radius 3 is 2.59 bits per heavy atom. The Morgan fingerprint density at radius 2 is 2.12 bits per heavy atom. The van der Waals surface area contributed by atoms with Gasteiger partial charge in [0.15, 0.2) is 5.75 Å². The van der Waals surface area contributed by atoms with E-state index in [0.29, 0.717) is 0 Å². The second kappa shape index (κ2) is 5.27. The molecule has 1 N–H and O–H groups in total. The minimum atomic E-state index is -4.55. The number of carbonyl (C=O) groups is 1. The van der Waals surface area contributed by atoms with Crippen LogP contribution in [0.4, 0.5) is 18.9 Å². The molecule has 0 atom stereocenters. The number of hydrogen-bond acceptors (Lipinski definition) is 2. The van der Waals surface area contributed by atoms with E-state index in [2.05, 4.69) is 10.1 Å². The number of amides is 1. The van der Waals surface area contributed by atoms with E-state index in [1.807, 2.05) is 0 Å². The van der Waals surface area contributed by atoms with Gasteiger partial charge in [0.2, 0.25) is 5.91 Å². The number of rotatable bonds is 3. The Balaban J connectivity index is 3.19. The van der Waals surface area contributed by atoms with Crippen molar-refractivity contribution in [2.45, 2.75) is 6.18 Å². The molecule has 94 valence electrons. The van der Waals surface area contributed by atoms with Gasteiger partial charge in [0.1, 0.15) is 5.88 Å². The highest BCUT2D eigenvalue weighted by Crippen LogP contribution is 2.40. The summed E-state index contributed by atoms with van der Waals surface area (Å²) in [5, 5.41) is 2.23. The first-order valence-electron chi connectivity index (χ1n) is 4.50. The number of para-hydroxylation sites is 1. The lowest BCUT2D eigenvalue weighted by Crippen LogP contribution is -2.15. The molecule has 0 saturated heterocycles. The molecule has 0 aliphatic heterocycles. The molecule has 1 amide bonds. The van der Waals surface area contributed by atoms with Crippen LogP contribution in [0.3, 0.4) is 0 Å². The molecule has 0 heterocycles. The first-order valence-corrected chi connectivity index (χ1v) is 5.03. The van der Waals surface area contributed by atoms with Crippen molar-refractivity contribution in [2.75, 3.05) is 18.3 Å². The molecular weight excluding hydrogens is 259 g/mol. The van der Waals surface area contributed by atoms with Crippen LogP contribution in [0.25, 0.3) is 0 Å². The first kappa shape index (κ1) is 13.6. The van der Waals surface area contributed by atoms with Gasteiger partial charge in [-0.1, -0.05) is 6.07 Å². The predicted molar refractivity (Wildman–Crippen MR) is 57.3 cm³/mol. The van der Waals surface area contributed by atoms with Gasteiger partial charge in [-0.3, -0.25) is 4.79 Å². The van der Waals surface area contributed by atoms with E-state index >= 15 is 0 Å². The maximum atomic E-state index is 12.6. The molecule has 0 aliphatic rings. The van der Waals surface area contributed by atoms with E-state index < -0.39 is 23.4 Å². The molecule has 0 saturated carbocycles. The van der Waals surface area contributed by atoms with Crippen LogP contribution in [0.2, 0.25) is 0 Å². The first-order chi connectivity index (χ1) is 7.90. The molecule has 0 spiro atoms. The normalized spacial score (nSPS) is 11.1. The summed E-state index contributed by atoms with van der Waals surface area (Å²) in [6, 6.07) is 3.35. The fraction of sp³-hybridized carbons (Fsp3) is 0.300. The Kier molecular flexibility index (Phi) is 4.22. The lowest BCUT2D eigenvalue weighted by molar-refractivity contribution is -0.138. The van der Waals surface area contributed by atoms with E-state index in [1.54, 1.807) is 0 Å². The van der Waals surface area contributed by atoms with Crippen molar-refractivity contribution in [3.8, 4) is 5.75 Å². The van der Waals surface area contributed by atoms with Crippen molar-refractivity contribution in [1.82, 2.24) is 0 Å². The highest BCUT2D eigenvalue weighted by atomic mass is 35.5. The summed E-state index contributed by atoms with van der Waals surface area (Å²) in [6.45, 7) is 0. The third kappa shape index (κ3) is 3.26. The van der Waals surface area contributed by atoms with Gasteiger partial charge in [0.25, 0.3) is 0 Å². The summed E-state index contributed by atoms with van der Waals surface area (Å²) >= 11 is 5.25. The van der Waals surface area contributed by atoms with E-state index in [9.17, 15) is 18.0 Å². The number of alkyl halides is 4. The van der Waals surface area contributed by atoms with Gasteiger partial charge < -0.3 is 10.1 Å². The van der Waals surface area contributed by atoms with Crippen LogP contribution in [0, 0.1) is 0 Å². The van der Waals surface area contributed by atoms with Gasteiger partial charge in [-0.05, 0) is 12.1 Å². The predicted octanol–water partition coefficient (Wildman–Crippen LogP) is 2.89. The summed E-state index contributed by atoms with van der Waals surface area (Å²) in [6.07, 6.45) is -4.55. The molecular formula is C10H9ClF3NO2. The summed E-state index contributed by atoms with van der Waals surface area (Å²) in [5.74, 6) is -1.39. The van der Waals surface area contributed by atoms with E-state index in [0.717, 1.165) is 13.2 Å². The number of nitrogens with one attached hydrogen (secondary N) is 1. The van der Waals surface area contributed by atoms with Gasteiger partial charge in [-0.2, -0.15) is 13.2 Å². The number of anilines is 1. The van der Waals surface area contributed by atoms with Crippen molar-refractivity contribution in [3.05, 3.63) is 23.8 Å². The SMILES string of the molecule is COc1c(NC(=O)CCl)cccc1C(F)(F)F. The molecule has 0 bridgehead atoms. The van der Waals surface area contributed by atoms with Gasteiger partial charge in [0, 0.05) is 0 Å². The molecule has 0 radical (unpaired) electrons. The summed E-state index contributed by atoms with van der Waals surface area (Å²) in [4.78, 5) is 11.0. The highest BCUT2D eigenvalue weighted by Gasteiger charge is 2.35. The van der Waals surface area contributed by atoms with Crippen LogP contribution in [0.1, 0.15) is 5.56 Å². The Labute approximate surface area is 101 Å². The largest absolute Gasteiger partial charge is 0.494 e. The third-order valence-electron chi connectivity index (χ3n) is 1.92. The molecule has 0 fully saturated rings. The number of hydrogen-bond donors (Lipinski definition) is 1. The standard InChI is InChI=1S/C10H9ClF3NO2/c1-17-9-6(10(12,13)14)3-2-4-7(9)15-8(16)5-11/h2-4H,5H2,1H3,(H,15,16). The lowest BCUT2D eigenvalue weighted by Gasteiger charge is -2.15. The van der Waals surface area contributed by atoms with Crippen LogP contribution >= 0.6 is 11.6 Å². The van der Waals surface area contributed by atoms with Crippen LogP contribution in [0.5, 0.6) is 5.75 Å². The number of carbonyl (C=O) groups excluding carboxylic acids is 1. The molecule has 1 aromatic rings. The van der Waals surface area contributed by atoms with Crippen molar-refractivity contribution in [1.29, 1.82) is 0 Å². The fourth-order valence-corrected chi connectivity index (χ4v) is 1.33. The second-order valence-corrected chi connectivity index (χ2v) is 3.33. The van der Waals surface area contributed by atoms with Crippen molar-refractivity contribution >= 4 is 23.2 Å². The van der Waals surface area contributed by atoms with Gasteiger partial charge in [-0.15, -0.1) is 11.6 Å². The summed E-state index contributed by atoms with van der Waals surface area (Å²) in [5.41, 5.74) is -1.01. The lowest BCUT2D eigenvalue weighted by atomic mass is 10.1. The summed E-state index contributed by atoms with van der Waals surface area (Å²) < 4.78 is 42.5. The summed E-state index contributed by atoms with van der Waals surface area (Å²) in [7, 11) is 1.10. The highest BCUT2D eigenvalue weighted by molar-refractivity contribution is 6.29. The van der Waals surface area contributed by atoms with E-state index in [-0.39, 0.29) is 11.6 Å². The van der Waals surface area contributed by atoms with Crippen molar-refractivity contribution < 1.29 is 22.7 Å². The molecule has 1 aromatic carbocycles. The van der Waals surface area contributed by atoms with Gasteiger partial charge in [-0.25, -0.2) is 0 Å². The van der Waals surface area contributed by atoms with Crippen LogP contribution in [0.15, 0.2) is 18.2 Å². The van der Waals surface area contributed by atoms with Gasteiger partial charge in [0.05, 0.1) is 18.4 Å².